The molecule has 0 spiro atoms. The number of carbonyl (C=O) groups is 1. The minimum atomic E-state index is -0.413. The number of fused-ring (bicyclic) bond motifs is 1. The van der Waals surface area contributed by atoms with E-state index >= 15 is 0 Å². The zero-order chi connectivity index (χ0) is 15.6. The van der Waals surface area contributed by atoms with E-state index in [9.17, 15) is 9.90 Å². The Morgan fingerprint density at radius 1 is 1.48 bits per heavy atom. The molecule has 1 aromatic heterocycles. The Hall–Kier alpha value is -2.27. The van der Waals surface area contributed by atoms with Crippen molar-refractivity contribution >= 4 is 16.9 Å². The van der Waals surface area contributed by atoms with Crippen LogP contribution in [0.3, 0.4) is 0 Å². The van der Waals surface area contributed by atoms with Gasteiger partial charge in [-0.15, -0.1) is 0 Å². The van der Waals surface area contributed by atoms with Gasteiger partial charge in [-0.25, -0.2) is 4.79 Å². The van der Waals surface area contributed by atoms with Gasteiger partial charge in [0.1, 0.15) is 12.4 Å². The van der Waals surface area contributed by atoms with Gasteiger partial charge < -0.3 is 19.7 Å². The molecule has 2 rings (SSSR count). The van der Waals surface area contributed by atoms with Crippen LogP contribution in [0, 0.1) is 6.92 Å². The molecule has 0 fully saturated rings. The van der Waals surface area contributed by atoms with Crippen LogP contribution in [-0.4, -0.2) is 41.7 Å². The fraction of sp³-hybridized carbons (Fsp3) is 0.312. The fourth-order valence-corrected chi connectivity index (χ4v) is 2.42. The largest absolute Gasteiger partial charge is 0.508 e. The van der Waals surface area contributed by atoms with Crippen molar-refractivity contribution in [3.63, 3.8) is 0 Å². The molecule has 0 saturated heterocycles. The zero-order valence-electron chi connectivity index (χ0n) is 12.6. The van der Waals surface area contributed by atoms with Gasteiger partial charge in [0, 0.05) is 28.7 Å². The molecule has 2 N–H and O–H groups in total. The minimum absolute atomic E-state index is 0.160. The molecule has 0 radical (unpaired) electrons. The summed E-state index contributed by atoms with van der Waals surface area (Å²) in [5, 5.41) is 10.9. The van der Waals surface area contributed by atoms with Crippen molar-refractivity contribution in [2.24, 2.45) is 0 Å². The van der Waals surface area contributed by atoms with Crippen molar-refractivity contribution in [2.45, 2.75) is 13.5 Å². The van der Waals surface area contributed by atoms with E-state index in [0.29, 0.717) is 17.7 Å². The fourth-order valence-electron chi connectivity index (χ4n) is 2.42. The van der Waals surface area contributed by atoms with E-state index in [4.69, 9.17) is 4.74 Å². The molecule has 5 heteroatoms. The Balaban J connectivity index is 2.63. The summed E-state index contributed by atoms with van der Waals surface area (Å²) < 4.78 is 5.15. The first-order chi connectivity index (χ1) is 9.95. The SMILES string of the molecule is C=CCOC(=O)c1c(C)[nH]c2ccc(O)c(CN(C)C)c12. The third-order valence-corrected chi connectivity index (χ3v) is 3.25. The molecule has 0 bridgehead atoms. The van der Waals surface area contributed by atoms with Crippen LogP contribution >= 0.6 is 0 Å². The molecule has 0 aliphatic heterocycles. The third-order valence-electron chi connectivity index (χ3n) is 3.25. The van der Waals surface area contributed by atoms with E-state index < -0.39 is 5.97 Å². The number of H-pyrrole nitrogens is 1. The first-order valence-corrected chi connectivity index (χ1v) is 6.71. The summed E-state index contributed by atoms with van der Waals surface area (Å²) in [7, 11) is 3.82. The predicted octanol–water partition coefficient (Wildman–Crippen LogP) is 2.59. The Morgan fingerprint density at radius 2 is 2.19 bits per heavy atom. The number of nitrogens with one attached hydrogen (secondary N) is 1. The van der Waals surface area contributed by atoms with Crippen molar-refractivity contribution < 1.29 is 14.6 Å². The van der Waals surface area contributed by atoms with Gasteiger partial charge in [0.2, 0.25) is 0 Å². The summed E-state index contributed by atoms with van der Waals surface area (Å²) in [6, 6.07) is 3.40. The smallest absolute Gasteiger partial charge is 0.340 e. The number of ether oxygens (including phenoxy) is 1. The lowest BCUT2D eigenvalue weighted by atomic mass is 10.0. The van der Waals surface area contributed by atoms with Crippen molar-refractivity contribution in [2.75, 3.05) is 20.7 Å². The van der Waals surface area contributed by atoms with Crippen LogP contribution in [0.4, 0.5) is 0 Å². The van der Waals surface area contributed by atoms with Gasteiger partial charge in [-0.3, -0.25) is 0 Å². The molecule has 2 aromatic rings. The zero-order valence-corrected chi connectivity index (χ0v) is 12.6. The molecule has 0 saturated carbocycles. The lowest BCUT2D eigenvalue weighted by Crippen LogP contribution is -2.12. The highest BCUT2D eigenvalue weighted by Crippen LogP contribution is 2.32. The predicted molar refractivity (Wildman–Crippen MR) is 82.6 cm³/mol. The minimum Gasteiger partial charge on any atom is -0.508 e. The number of rotatable bonds is 5. The topological polar surface area (TPSA) is 65.6 Å². The van der Waals surface area contributed by atoms with Crippen molar-refractivity contribution in [1.82, 2.24) is 9.88 Å². The van der Waals surface area contributed by atoms with Crippen LogP contribution in [0.5, 0.6) is 5.75 Å². The number of aryl methyl sites for hydroxylation is 1. The second-order valence-corrected chi connectivity index (χ2v) is 5.24. The molecule has 0 amide bonds. The molecule has 0 aliphatic carbocycles. The first-order valence-electron chi connectivity index (χ1n) is 6.71. The number of phenols is 1. The highest BCUT2D eigenvalue weighted by atomic mass is 16.5. The van der Waals surface area contributed by atoms with Crippen LogP contribution in [0.25, 0.3) is 10.9 Å². The summed E-state index contributed by atoms with van der Waals surface area (Å²) in [5.41, 5.74) is 2.73. The summed E-state index contributed by atoms with van der Waals surface area (Å²) in [5.74, 6) is -0.239. The molecule has 0 unspecified atom stereocenters. The number of phenolic OH excluding ortho intramolecular Hbond substituents is 1. The average molecular weight is 288 g/mol. The first kappa shape index (κ1) is 15.1. The van der Waals surface area contributed by atoms with E-state index in [-0.39, 0.29) is 12.4 Å². The second-order valence-electron chi connectivity index (χ2n) is 5.24. The number of aromatic hydroxyl groups is 1. The lowest BCUT2D eigenvalue weighted by Gasteiger charge is -2.13. The van der Waals surface area contributed by atoms with Crippen LogP contribution in [0.2, 0.25) is 0 Å². The summed E-state index contributed by atoms with van der Waals surface area (Å²) in [6.45, 7) is 6.05. The molecular weight excluding hydrogens is 268 g/mol. The number of hydrogen-bond donors (Lipinski definition) is 2. The lowest BCUT2D eigenvalue weighted by molar-refractivity contribution is 0.0551. The van der Waals surface area contributed by atoms with E-state index in [1.54, 1.807) is 12.1 Å². The van der Waals surface area contributed by atoms with Gasteiger partial charge in [-0.05, 0) is 33.2 Å². The quantitative estimate of drug-likeness (QED) is 0.655. The highest BCUT2D eigenvalue weighted by molar-refractivity contribution is 6.07. The molecular formula is C16H20N2O3. The van der Waals surface area contributed by atoms with Crippen molar-refractivity contribution in [3.05, 3.63) is 41.6 Å². The average Bonchev–Trinajstić information content (AvgIpc) is 2.75. The Kier molecular flexibility index (Phi) is 4.33. The van der Waals surface area contributed by atoms with Gasteiger partial charge >= 0.3 is 5.97 Å². The maximum absolute atomic E-state index is 12.3. The molecule has 0 atom stereocenters. The Morgan fingerprint density at radius 3 is 2.81 bits per heavy atom. The standard InChI is InChI=1S/C16H20N2O3/c1-5-8-21-16(20)14-10(2)17-12-6-7-13(19)11(15(12)14)9-18(3)4/h5-7,17,19H,1,8-9H2,2-4H3. The molecule has 1 aromatic carbocycles. The third kappa shape index (κ3) is 2.92. The van der Waals surface area contributed by atoms with E-state index in [2.05, 4.69) is 11.6 Å². The maximum atomic E-state index is 12.3. The van der Waals surface area contributed by atoms with Gasteiger partial charge in [0.15, 0.2) is 0 Å². The van der Waals surface area contributed by atoms with Gasteiger partial charge in [-0.1, -0.05) is 12.7 Å². The monoisotopic (exact) mass is 288 g/mol. The summed E-state index contributed by atoms with van der Waals surface area (Å²) in [6.07, 6.45) is 1.53. The number of benzene rings is 1. The molecule has 5 nitrogen and oxygen atoms in total. The van der Waals surface area contributed by atoms with Crippen LogP contribution in [0.15, 0.2) is 24.8 Å². The highest BCUT2D eigenvalue weighted by Gasteiger charge is 2.21. The van der Waals surface area contributed by atoms with Gasteiger partial charge in [-0.2, -0.15) is 0 Å². The van der Waals surface area contributed by atoms with Crippen molar-refractivity contribution in [1.29, 1.82) is 0 Å². The molecule has 1 heterocycles. The number of aromatic nitrogens is 1. The number of aromatic amines is 1. The van der Waals surface area contributed by atoms with E-state index in [1.807, 2.05) is 25.9 Å². The number of esters is 1. The van der Waals surface area contributed by atoms with Crippen molar-refractivity contribution in [3.8, 4) is 5.75 Å². The summed E-state index contributed by atoms with van der Waals surface area (Å²) >= 11 is 0. The molecule has 21 heavy (non-hydrogen) atoms. The molecule has 0 aliphatic rings. The summed E-state index contributed by atoms with van der Waals surface area (Å²) in [4.78, 5) is 17.4. The van der Waals surface area contributed by atoms with Gasteiger partial charge in [0.25, 0.3) is 0 Å². The van der Waals surface area contributed by atoms with Crippen LogP contribution in [-0.2, 0) is 11.3 Å². The van der Waals surface area contributed by atoms with E-state index in [1.165, 1.54) is 6.08 Å². The maximum Gasteiger partial charge on any atom is 0.340 e. The van der Waals surface area contributed by atoms with Crippen LogP contribution in [0.1, 0.15) is 21.6 Å². The Bertz CT molecular complexity index is 686. The number of hydrogen-bond acceptors (Lipinski definition) is 4. The second kappa shape index (κ2) is 6.01. The molecule has 112 valence electrons. The Labute approximate surface area is 123 Å². The number of carbonyl (C=O) groups excluding carboxylic acids is 1. The van der Waals surface area contributed by atoms with E-state index in [0.717, 1.165) is 16.6 Å². The number of nitrogens with zero attached hydrogens (tertiary/aromatic N) is 1. The van der Waals surface area contributed by atoms with Gasteiger partial charge in [0.05, 0.1) is 5.56 Å². The van der Waals surface area contributed by atoms with Crippen LogP contribution < -0.4 is 0 Å². The normalized spacial score (nSPS) is 11.0.